The van der Waals surface area contributed by atoms with Gasteiger partial charge in [0.25, 0.3) is 0 Å². The van der Waals surface area contributed by atoms with Crippen molar-refractivity contribution < 1.29 is 18.6 Å². The minimum Gasteiger partial charge on any atom is -0.403 e. The molecule has 4 nitrogen and oxygen atoms in total. The lowest BCUT2D eigenvalue weighted by Gasteiger charge is -2.40. The maximum Gasteiger partial charge on any atom is 0.464 e. The van der Waals surface area contributed by atoms with Crippen LogP contribution in [0.15, 0.2) is 0 Å². The Balaban J connectivity index is 1.50. The van der Waals surface area contributed by atoms with Crippen LogP contribution in [-0.2, 0) is 18.6 Å². The van der Waals surface area contributed by atoms with Crippen LogP contribution in [0.4, 0.5) is 0 Å². The summed E-state index contributed by atoms with van der Waals surface area (Å²) in [5.41, 5.74) is -1.06. The maximum atomic E-state index is 6.66. The third-order valence-electron chi connectivity index (χ3n) is 10.2. The van der Waals surface area contributed by atoms with Crippen LogP contribution < -0.4 is 0 Å². The first kappa shape index (κ1) is 19.9. The van der Waals surface area contributed by atoms with Crippen molar-refractivity contribution in [3.05, 3.63) is 0 Å². The molecule has 0 amide bonds. The van der Waals surface area contributed by atoms with Crippen LogP contribution in [0.5, 0.6) is 0 Å². The molecule has 5 rings (SSSR count). The second kappa shape index (κ2) is 5.41. The van der Waals surface area contributed by atoms with Gasteiger partial charge < -0.3 is 18.6 Å². The molecule has 0 aromatic heterocycles. The number of rotatable bonds is 2. The third kappa shape index (κ3) is 2.24. The molecule has 0 spiro atoms. The molecule has 0 aromatic rings. The molecule has 2 aliphatic heterocycles. The minimum absolute atomic E-state index is 0.102. The van der Waals surface area contributed by atoms with E-state index in [1.54, 1.807) is 0 Å². The van der Waals surface area contributed by atoms with Crippen LogP contribution in [-0.4, -0.2) is 36.6 Å². The van der Waals surface area contributed by atoms with E-state index in [0.717, 1.165) is 6.42 Å². The summed E-state index contributed by atoms with van der Waals surface area (Å²) in [5, 5.41) is 0.242. The highest BCUT2D eigenvalue weighted by molar-refractivity contribution is 6.54. The van der Waals surface area contributed by atoms with Gasteiger partial charge >= 0.3 is 14.2 Å². The standard InChI is InChI=1S/C22H38B2O4/c1-17(2)18(3,4)26-23(25-17)21-12-13-22(14-21,16-11-9-10-15(16)21)24-27-19(5,6)20(7,8)28-24/h15-16H,9-14H2,1-8H3. The van der Waals surface area contributed by atoms with Gasteiger partial charge in [0.15, 0.2) is 0 Å². The molecule has 3 aliphatic carbocycles. The van der Waals surface area contributed by atoms with Gasteiger partial charge in [0.05, 0.1) is 22.4 Å². The van der Waals surface area contributed by atoms with Crippen molar-refractivity contribution in [2.45, 2.75) is 127 Å². The number of hydrogen-bond acceptors (Lipinski definition) is 4. The van der Waals surface area contributed by atoms with Crippen molar-refractivity contribution in [2.75, 3.05) is 0 Å². The van der Waals surface area contributed by atoms with Gasteiger partial charge in [-0.2, -0.15) is 0 Å². The summed E-state index contributed by atoms with van der Waals surface area (Å²) in [6, 6.07) is 0. The Morgan fingerprint density at radius 1 is 0.571 bits per heavy atom. The van der Waals surface area contributed by atoms with Crippen LogP contribution in [0, 0.1) is 11.8 Å². The second-order valence-electron chi connectivity index (χ2n) is 12.5. The Labute approximate surface area is 172 Å². The average Bonchev–Trinajstić information content (AvgIpc) is 3.29. The van der Waals surface area contributed by atoms with Crippen molar-refractivity contribution in [3.8, 4) is 0 Å². The van der Waals surface area contributed by atoms with Crippen molar-refractivity contribution in [1.82, 2.24) is 0 Å². The van der Waals surface area contributed by atoms with Gasteiger partial charge in [-0.25, -0.2) is 0 Å². The van der Waals surface area contributed by atoms with E-state index >= 15 is 0 Å². The number of hydrogen-bond donors (Lipinski definition) is 0. The first-order valence-corrected chi connectivity index (χ1v) is 11.5. The van der Waals surface area contributed by atoms with E-state index in [-0.39, 0.29) is 47.3 Å². The van der Waals surface area contributed by atoms with Gasteiger partial charge in [-0.05, 0) is 86.5 Å². The molecule has 156 valence electrons. The van der Waals surface area contributed by atoms with Crippen molar-refractivity contribution >= 4 is 14.2 Å². The van der Waals surface area contributed by atoms with Gasteiger partial charge in [0.2, 0.25) is 0 Å². The Morgan fingerprint density at radius 3 is 1.21 bits per heavy atom. The van der Waals surface area contributed by atoms with E-state index < -0.39 is 0 Å². The summed E-state index contributed by atoms with van der Waals surface area (Å²) in [6.07, 6.45) is 7.40. The zero-order valence-corrected chi connectivity index (χ0v) is 19.2. The fourth-order valence-electron chi connectivity index (χ4n) is 7.13. The highest BCUT2D eigenvalue weighted by atomic mass is 16.7. The summed E-state index contributed by atoms with van der Waals surface area (Å²) in [7, 11) is -0.204. The Bertz CT molecular complexity index is 602. The van der Waals surface area contributed by atoms with Crippen LogP contribution in [0.2, 0.25) is 10.6 Å². The summed E-state index contributed by atoms with van der Waals surface area (Å²) >= 11 is 0. The van der Waals surface area contributed by atoms with Gasteiger partial charge in [0.1, 0.15) is 0 Å². The molecular weight excluding hydrogens is 350 g/mol. The molecule has 0 N–H and O–H groups in total. The number of fused-ring (bicyclic) bond motifs is 5. The summed E-state index contributed by atoms with van der Waals surface area (Å²) in [5.74, 6) is 1.35. The first-order valence-electron chi connectivity index (χ1n) is 11.5. The van der Waals surface area contributed by atoms with E-state index in [9.17, 15) is 0 Å². The molecule has 3 saturated carbocycles. The summed E-state index contributed by atoms with van der Waals surface area (Å²) in [6.45, 7) is 17.5. The van der Waals surface area contributed by atoms with E-state index in [1.807, 2.05) is 0 Å². The summed E-state index contributed by atoms with van der Waals surface area (Å²) < 4.78 is 26.7. The molecule has 2 heterocycles. The lowest BCUT2D eigenvalue weighted by molar-refractivity contribution is 0.00578. The molecule has 0 radical (unpaired) electrons. The normalized spacial score (nSPS) is 47.1. The fourth-order valence-corrected chi connectivity index (χ4v) is 7.13. The molecule has 6 heteroatoms. The zero-order valence-electron chi connectivity index (χ0n) is 19.2. The molecule has 2 saturated heterocycles. The van der Waals surface area contributed by atoms with E-state index in [0.29, 0.717) is 11.8 Å². The van der Waals surface area contributed by atoms with Crippen LogP contribution in [0.3, 0.4) is 0 Å². The van der Waals surface area contributed by atoms with Crippen molar-refractivity contribution in [3.63, 3.8) is 0 Å². The van der Waals surface area contributed by atoms with Crippen molar-refractivity contribution in [1.29, 1.82) is 0 Å². The molecule has 28 heavy (non-hydrogen) atoms. The Morgan fingerprint density at radius 2 is 0.893 bits per heavy atom. The SMILES string of the molecule is CC1(C)OB(C23CCC(B4OC(C)(C)C(C)(C)O4)(C2)C2CCCC23)OC1(C)C. The quantitative estimate of drug-likeness (QED) is 0.605. The Kier molecular flexibility index (Phi) is 3.85. The highest BCUT2D eigenvalue weighted by Crippen LogP contribution is 2.82. The van der Waals surface area contributed by atoms with Crippen LogP contribution in [0.25, 0.3) is 0 Å². The van der Waals surface area contributed by atoms with E-state index in [2.05, 4.69) is 55.4 Å². The first-order chi connectivity index (χ1) is 12.8. The monoisotopic (exact) mass is 388 g/mol. The van der Waals surface area contributed by atoms with E-state index in [1.165, 1.54) is 32.1 Å². The second-order valence-corrected chi connectivity index (χ2v) is 12.5. The van der Waals surface area contributed by atoms with Gasteiger partial charge in [-0.1, -0.05) is 19.3 Å². The van der Waals surface area contributed by atoms with Gasteiger partial charge in [0, 0.05) is 10.6 Å². The minimum atomic E-state index is -0.265. The van der Waals surface area contributed by atoms with E-state index in [4.69, 9.17) is 18.6 Å². The highest BCUT2D eigenvalue weighted by Gasteiger charge is 2.78. The lowest BCUT2D eigenvalue weighted by Crippen LogP contribution is -2.41. The molecular formula is C22H38B2O4. The van der Waals surface area contributed by atoms with Crippen molar-refractivity contribution in [2.24, 2.45) is 11.8 Å². The third-order valence-corrected chi connectivity index (χ3v) is 10.2. The predicted octanol–water partition coefficient (Wildman–Crippen LogP) is 5.27. The molecule has 5 aliphatic rings. The largest absolute Gasteiger partial charge is 0.464 e. The van der Waals surface area contributed by atoms with Crippen LogP contribution in [0.1, 0.15) is 93.9 Å². The molecule has 4 unspecified atom stereocenters. The van der Waals surface area contributed by atoms with Crippen LogP contribution >= 0.6 is 0 Å². The Hall–Kier alpha value is -0.0301. The smallest absolute Gasteiger partial charge is 0.403 e. The zero-order chi connectivity index (χ0) is 20.4. The molecule has 2 bridgehead atoms. The topological polar surface area (TPSA) is 36.9 Å². The predicted molar refractivity (Wildman–Crippen MR) is 112 cm³/mol. The molecule has 4 atom stereocenters. The molecule has 5 fully saturated rings. The fraction of sp³-hybridized carbons (Fsp3) is 1.00. The summed E-state index contributed by atoms with van der Waals surface area (Å²) in [4.78, 5) is 0. The van der Waals surface area contributed by atoms with Gasteiger partial charge in [-0.3, -0.25) is 0 Å². The maximum absolute atomic E-state index is 6.66. The molecule has 0 aromatic carbocycles. The lowest BCUT2D eigenvalue weighted by atomic mass is 9.48. The van der Waals surface area contributed by atoms with Gasteiger partial charge in [-0.15, -0.1) is 0 Å². The average molecular weight is 388 g/mol.